The lowest BCUT2D eigenvalue weighted by atomic mass is 10.2. The fourth-order valence-electron chi connectivity index (χ4n) is 2.48. The van der Waals surface area contributed by atoms with Crippen LogP contribution < -0.4 is 10.1 Å². The van der Waals surface area contributed by atoms with E-state index in [4.69, 9.17) is 16.3 Å². The monoisotopic (exact) mass is 402 g/mol. The van der Waals surface area contributed by atoms with Crippen molar-refractivity contribution in [3.63, 3.8) is 0 Å². The van der Waals surface area contributed by atoms with Crippen LogP contribution in [0.15, 0.2) is 53.7 Å². The number of amides is 1. The Bertz CT molecular complexity index is 928. The maximum atomic E-state index is 12.2. The van der Waals surface area contributed by atoms with Crippen molar-refractivity contribution in [1.29, 1.82) is 0 Å². The minimum absolute atomic E-state index is 0.0955. The third kappa shape index (κ3) is 4.81. The molecule has 0 saturated carbocycles. The van der Waals surface area contributed by atoms with Gasteiger partial charge in [-0.15, -0.1) is 10.2 Å². The lowest BCUT2D eigenvalue weighted by Gasteiger charge is -2.10. The Labute approximate surface area is 166 Å². The summed E-state index contributed by atoms with van der Waals surface area (Å²) < 4.78 is 7.10. The van der Waals surface area contributed by atoms with Crippen LogP contribution in [0.3, 0.4) is 0 Å². The van der Waals surface area contributed by atoms with E-state index in [0.29, 0.717) is 16.7 Å². The molecule has 0 spiro atoms. The number of aromatic nitrogens is 3. The number of carbonyl (C=O) groups excluding carboxylic acids is 1. The molecule has 0 unspecified atom stereocenters. The van der Waals surface area contributed by atoms with Crippen LogP contribution >= 0.6 is 23.4 Å². The number of rotatable bonds is 7. The smallest absolute Gasteiger partial charge is 0.230 e. The molecule has 1 N–H and O–H groups in total. The average Bonchev–Trinajstić information content (AvgIpc) is 3.06. The van der Waals surface area contributed by atoms with E-state index in [1.54, 1.807) is 13.2 Å². The van der Waals surface area contributed by atoms with Gasteiger partial charge >= 0.3 is 0 Å². The molecular weight excluding hydrogens is 384 g/mol. The quantitative estimate of drug-likeness (QED) is 0.611. The topological polar surface area (TPSA) is 69.0 Å². The first-order valence-corrected chi connectivity index (χ1v) is 9.64. The number of benzene rings is 2. The van der Waals surface area contributed by atoms with Crippen molar-refractivity contribution in [2.24, 2.45) is 0 Å². The van der Waals surface area contributed by atoms with Gasteiger partial charge in [0.25, 0.3) is 0 Å². The highest BCUT2D eigenvalue weighted by atomic mass is 35.5. The number of carbonyl (C=O) groups is 1. The molecule has 1 heterocycles. The van der Waals surface area contributed by atoms with Crippen LogP contribution in [0, 0.1) is 6.92 Å². The molecule has 1 aromatic heterocycles. The van der Waals surface area contributed by atoms with E-state index in [0.717, 1.165) is 22.8 Å². The lowest BCUT2D eigenvalue weighted by molar-refractivity contribution is -0.118. The summed E-state index contributed by atoms with van der Waals surface area (Å²) in [5, 5.41) is 12.5. The number of ether oxygens (including phenoxy) is 1. The molecule has 140 valence electrons. The normalized spacial score (nSPS) is 10.6. The molecule has 2 aromatic carbocycles. The molecule has 1 amide bonds. The number of hydrogen-bond donors (Lipinski definition) is 1. The van der Waals surface area contributed by atoms with Gasteiger partial charge in [-0.1, -0.05) is 41.6 Å². The Hall–Kier alpha value is -2.51. The summed E-state index contributed by atoms with van der Waals surface area (Å²) in [5.74, 6) is 1.66. The van der Waals surface area contributed by atoms with Gasteiger partial charge in [0.1, 0.15) is 11.6 Å². The number of hydrogen-bond acceptors (Lipinski definition) is 5. The predicted octanol–water partition coefficient (Wildman–Crippen LogP) is 3.65. The Morgan fingerprint density at radius 2 is 1.93 bits per heavy atom. The molecule has 3 aromatic rings. The van der Waals surface area contributed by atoms with Crippen molar-refractivity contribution in [2.45, 2.75) is 18.6 Å². The molecule has 3 rings (SSSR count). The maximum absolute atomic E-state index is 12.2. The van der Waals surface area contributed by atoms with Crippen LogP contribution in [0.4, 0.5) is 0 Å². The summed E-state index contributed by atoms with van der Waals surface area (Å²) in [6.07, 6.45) is 0. The van der Waals surface area contributed by atoms with Crippen molar-refractivity contribution in [3.8, 4) is 11.4 Å². The highest BCUT2D eigenvalue weighted by molar-refractivity contribution is 7.99. The molecule has 0 radical (unpaired) electrons. The predicted molar refractivity (Wildman–Crippen MR) is 107 cm³/mol. The van der Waals surface area contributed by atoms with Gasteiger partial charge in [0.05, 0.1) is 12.9 Å². The summed E-state index contributed by atoms with van der Waals surface area (Å²) in [4.78, 5) is 12.2. The van der Waals surface area contributed by atoms with Crippen LogP contribution in [0.5, 0.6) is 5.75 Å². The van der Waals surface area contributed by atoms with E-state index in [1.807, 2.05) is 54.0 Å². The van der Waals surface area contributed by atoms with E-state index < -0.39 is 0 Å². The van der Waals surface area contributed by atoms with E-state index >= 15 is 0 Å². The minimum atomic E-state index is -0.0955. The lowest BCUT2D eigenvalue weighted by Crippen LogP contribution is -2.24. The third-order valence-corrected chi connectivity index (χ3v) is 5.19. The van der Waals surface area contributed by atoms with Gasteiger partial charge in [0, 0.05) is 17.3 Å². The fraction of sp³-hybridized carbons (Fsp3) is 0.211. The second kappa shape index (κ2) is 8.92. The standard InChI is InChI=1S/C19H19ClN4O2S/c1-13-22-23-19(24(13)15-7-9-16(26-2)10-8-15)27-12-18(25)21-11-14-5-3-4-6-17(14)20/h3-10H,11-12H2,1-2H3,(H,21,25). The van der Waals surface area contributed by atoms with Crippen LogP contribution in [-0.2, 0) is 11.3 Å². The summed E-state index contributed by atoms with van der Waals surface area (Å²) >= 11 is 7.44. The van der Waals surface area contributed by atoms with Crippen LogP contribution in [0.25, 0.3) is 5.69 Å². The van der Waals surface area contributed by atoms with Crippen LogP contribution in [0.2, 0.25) is 5.02 Å². The van der Waals surface area contributed by atoms with Crippen molar-refractivity contribution in [2.75, 3.05) is 12.9 Å². The van der Waals surface area contributed by atoms with Crippen LogP contribution in [0.1, 0.15) is 11.4 Å². The molecule has 8 heteroatoms. The zero-order chi connectivity index (χ0) is 19.2. The molecule has 0 saturated heterocycles. The number of halogens is 1. The molecule has 0 atom stereocenters. The Kier molecular flexibility index (Phi) is 6.36. The second-order valence-electron chi connectivity index (χ2n) is 5.72. The number of thioether (sulfide) groups is 1. The van der Waals surface area contributed by atoms with Crippen molar-refractivity contribution < 1.29 is 9.53 Å². The summed E-state index contributed by atoms with van der Waals surface area (Å²) in [6, 6.07) is 15.0. The first kappa shape index (κ1) is 19.3. The zero-order valence-corrected chi connectivity index (χ0v) is 16.5. The Balaban J connectivity index is 1.62. The van der Waals surface area contributed by atoms with Gasteiger partial charge in [0.2, 0.25) is 5.91 Å². The van der Waals surface area contributed by atoms with E-state index in [9.17, 15) is 4.79 Å². The number of nitrogens with zero attached hydrogens (tertiary/aromatic N) is 3. The Morgan fingerprint density at radius 1 is 1.19 bits per heavy atom. The SMILES string of the molecule is COc1ccc(-n2c(C)nnc2SCC(=O)NCc2ccccc2Cl)cc1. The molecule has 27 heavy (non-hydrogen) atoms. The number of methoxy groups -OCH3 is 1. The second-order valence-corrected chi connectivity index (χ2v) is 7.07. The fourth-order valence-corrected chi connectivity index (χ4v) is 3.51. The first-order valence-electron chi connectivity index (χ1n) is 8.28. The van der Waals surface area contributed by atoms with E-state index in [-0.39, 0.29) is 11.7 Å². The van der Waals surface area contributed by atoms with Gasteiger partial charge in [-0.3, -0.25) is 9.36 Å². The maximum Gasteiger partial charge on any atom is 0.230 e. The largest absolute Gasteiger partial charge is 0.497 e. The van der Waals surface area contributed by atoms with Crippen molar-refractivity contribution in [3.05, 3.63) is 64.9 Å². The zero-order valence-electron chi connectivity index (χ0n) is 15.0. The molecule has 0 aliphatic heterocycles. The number of aryl methyl sites for hydroxylation is 1. The van der Waals surface area contributed by atoms with Crippen molar-refractivity contribution >= 4 is 29.3 Å². The average molecular weight is 403 g/mol. The van der Waals surface area contributed by atoms with Gasteiger partial charge in [-0.25, -0.2) is 0 Å². The van der Waals surface area contributed by atoms with Crippen molar-refractivity contribution in [1.82, 2.24) is 20.1 Å². The molecule has 0 aliphatic rings. The Morgan fingerprint density at radius 3 is 2.63 bits per heavy atom. The minimum Gasteiger partial charge on any atom is -0.497 e. The first-order chi connectivity index (χ1) is 13.1. The molecule has 0 bridgehead atoms. The number of nitrogens with one attached hydrogen (secondary N) is 1. The molecular formula is C19H19ClN4O2S. The molecule has 0 fully saturated rings. The van der Waals surface area contributed by atoms with E-state index in [2.05, 4.69) is 15.5 Å². The third-order valence-electron chi connectivity index (χ3n) is 3.89. The van der Waals surface area contributed by atoms with Gasteiger partial charge in [-0.2, -0.15) is 0 Å². The van der Waals surface area contributed by atoms with Gasteiger partial charge in [0.15, 0.2) is 5.16 Å². The molecule has 0 aliphatic carbocycles. The highest BCUT2D eigenvalue weighted by Crippen LogP contribution is 2.23. The summed E-state index contributed by atoms with van der Waals surface area (Å²) in [5.41, 5.74) is 1.80. The van der Waals surface area contributed by atoms with Crippen LogP contribution in [-0.4, -0.2) is 33.5 Å². The molecule has 6 nitrogen and oxygen atoms in total. The van der Waals surface area contributed by atoms with Gasteiger partial charge < -0.3 is 10.1 Å². The summed E-state index contributed by atoms with van der Waals surface area (Å²) in [6.45, 7) is 2.27. The summed E-state index contributed by atoms with van der Waals surface area (Å²) in [7, 11) is 1.63. The van der Waals surface area contributed by atoms with E-state index in [1.165, 1.54) is 11.8 Å². The van der Waals surface area contributed by atoms with Gasteiger partial charge in [-0.05, 0) is 42.8 Å². The highest BCUT2D eigenvalue weighted by Gasteiger charge is 2.13.